The third-order valence-corrected chi connectivity index (χ3v) is 4.68. The summed E-state index contributed by atoms with van der Waals surface area (Å²) in [6, 6.07) is 0.888. The Bertz CT molecular complexity index is 416. The van der Waals surface area contributed by atoms with E-state index < -0.39 is 0 Å². The molecule has 0 saturated heterocycles. The highest BCUT2D eigenvalue weighted by Crippen LogP contribution is 2.36. The molecule has 1 saturated carbocycles. The smallest absolute Gasteiger partial charge is 0.0672 e. The summed E-state index contributed by atoms with van der Waals surface area (Å²) in [5, 5.41) is 4.92. The van der Waals surface area contributed by atoms with Gasteiger partial charge in [-0.25, -0.2) is 0 Å². The molecule has 1 unspecified atom stereocenters. The predicted molar refractivity (Wildman–Crippen MR) is 73.6 cm³/mol. The van der Waals surface area contributed by atoms with Gasteiger partial charge in [-0.2, -0.15) is 5.10 Å². The van der Waals surface area contributed by atoms with Gasteiger partial charge in [0.15, 0.2) is 0 Å². The van der Waals surface area contributed by atoms with Gasteiger partial charge in [0.2, 0.25) is 0 Å². The number of hydrogen-bond acceptors (Lipinski definition) is 2. The van der Waals surface area contributed by atoms with E-state index in [1.54, 1.807) is 0 Å². The molecule has 0 aliphatic heterocycles. The van der Waals surface area contributed by atoms with E-state index in [4.69, 9.17) is 10.8 Å². The van der Waals surface area contributed by atoms with Crippen molar-refractivity contribution in [2.75, 3.05) is 0 Å². The van der Waals surface area contributed by atoms with Gasteiger partial charge in [0.1, 0.15) is 0 Å². The summed E-state index contributed by atoms with van der Waals surface area (Å²) < 4.78 is 2.37. The quantitative estimate of drug-likeness (QED) is 0.871. The van der Waals surface area contributed by atoms with Gasteiger partial charge < -0.3 is 5.73 Å². The average Bonchev–Trinajstić information content (AvgIpc) is 2.80. The van der Waals surface area contributed by atoms with Crippen molar-refractivity contribution < 1.29 is 0 Å². The Morgan fingerprint density at radius 1 is 1.17 bits per heavy atom. The summed E-state index contributed by atoms with van der Waals surface area (Å²) in [5.41, 5.74) is 10.4. The van der Waals surface area contributed by atoms with Gasteiger partial charge in [0.05, 0.1) is 11.7 Å². The third kappa shape index (κ3) is 1.99. The minimum atomic E-state index is 0.237. The van der Waals surface area contributed by atoms with E-state index in [1.165, 1.54) is 61.9 Å². The molecule has 0 amide bonds. The molecule has 3 heteroatoms. The average molecular weight is 247 g/mol. The van der Waals surface area contributed by atoms with Crippen LogP contribution in [-0.2, 0) is 12.8 Å². The van der Waals surface area contributed by atoms with E-state index in [0.29, 0.717) is 6.04 Å². The second kappa shape index (κ2) is 5.04. The summed E-state index contributed by atoms with van der Waals surface area (Å²) in [5.74, 6) is 0. The lowest BCUT2D eigenvalue weighted by Crippen LogP contribution is -2.21. The van der Waals surface area contributed by atoms with Crippen molar-refractivity contribution in [1.82, 2.24) is 9.78 Å². The van der Waals surface area contributed by atoms with Crippen LogP contribution in [0.1, 0.15) is 80.9 Å². The van der Waals surface area contributed by atoms with Crippen LogP contribution in [0.25, 0.3) is 0 Å². The maximum Gasteiger partial charge on any atom is 0.0672 e. The van der Waals surface area contributed by atoms with Crippen molar-refractivity contribution in [3.8, 4) is 0 Å². The van der Waals surface area contributed by atoms with Gasteiger partial charge in [0, 0.05) is 17.3 Å². The minimum Gasteiger partial charge on any atom is -0.324 e. The number of nitrogens with zero attached hydrogens (tertiary/aromatic N) is 2. The van der Waals surface area contributed by atoms with Gasteiger partial charge in [-0.3, -0.25) is 4.68 Å². The van der Waals surface area contributed by atoms with Gasteiger partial charge in [0.25, 0.3) is 0 Å². The van der Waals surface area contributed by atoms with Gasteiger partial charge >= 0.3 is 0 Å². The van der Waals surface area contributed by atoms with Crippen LogP contribution < -0.4 is 5.73 Å². The summed E-state index contributed by atoms with van der Waals surface area (Å²) in [6.07, 6.45) is 11.3. The fraction of sp³-hybridized carbons (Fsp3) is 0.800. The third-order valence-electron chi connectivity index (χ3n) is 4.68. The Morgan fingerprint density at radius 2 is 1.94 bits per heavy atom. The fourth-order valence-electron chi connectivity index (χ4n) is 3.73. The predicted octanol–water partition coefficient (Wildman–Crippen LogP) is 3.29. The number of aromatic nitrogens is 2. The van der Waals surface area contributed by atoms with Crippen LogP contribution >= 0.6 is 0 Å². The molecule has 1 fully saturated rings. The molecule has 100 valence electrons. The Labute approximate surface area is 110 Å². The lowest BCUT2D eigenvalue weighted by Gasteiger charge is -2.26. The Kier molecular flexibility index (Phi) is 3.42. The number of aryl methyl sites for hydroxylation is 1. The zero-order chi connectivity index (χ0) is 12.5. The van der Waals surface area contributed by atoms with Crippen molar-refractivity contribution in [1.29, 1.82) is 0 Å². The monoisotopic (exact) mass is 247 g/mol. The van der Waals surface area contributed by atoms with E-state index in [2.05, 4.69) is 11.6 Å². The van der Waals surface area contributed by atoms with E-state index >= 15 is 0 Å². The van der Waals surface area contributed by atoms with Crippen molar-refractivity contribution >= 4 is 0 Å². The van der Waals surface area contributed by atoms with Crippen LogP contribution in [-0.4, -0.2) is 9.78 Å². The SMILES string of the molecule is CCc1nn(C2CCCCC2)c2c1C(N)CCC2. The molecule has 3 rings (SSSR count). The van der Waals surface area contributed by atoms with Crippen LogP contribution in [0.5, 0.6) is 0 Å². The molecule has 18 heavy (non-hydrogen) atoms. The van der Waals surface area contributed by atoms with E-state index in [1.807, 2.05) is 0 Å². The maximum absolute atomic E-state index is 6.31. The summed E-state index contributed by atoms with van der Waals surface area (Å²) in [4.78, 5) is 0. The topological polar surface area (TPSA) is 43.8 Å². The second-order valence-corrected chi connectivity index (χ2v) is 5.90. The first-order chi connectivity index (χ1) is 8.81. The Balaban J connectivity index is 1.99. The van der Waals surface area contributed by atoms with Crippen LogP contribution in [0.15, 0.2) is 0 Å². The minimum absolute atomic E-state index is 0.237. The zero-order valence-corrected chi connectivity index (χ0v) is 11.5. The molecule has 1 aromatic heterocycles. The molecule has 0 radical (unpaired) electrons. The summed E-state index contributed by atoms with van der Waals surface area (Å²) in [7, 11) is 0. The first-order valence-corrected chi connectivity index (χ1v) is 7.67. The zero-order valence-electron chi connectivity index (χ0n) is 11.5. The largest absolute Gasteiger partial charge is 0.324 e. The molecule has 1 heterocycles. The molecule has 2 aliphatic rings. The molecule has 1 aromatic rings. The highest BCUT2D eigenvalue weighted by atomic mass is 15.3. The number of rotatable bonds is 2. The van der Waals surface area contributed by atoms with Crippen LogP contribution in [0.3, 0.4) is 0 Å². The van der Waals surface area contributed by atoms with E-state index in [9.17, 15) is 0 Å². The molecule has 3 nitrogen and oxygen atoms in total. The normalized spacial score (nSPS) is 25.1. The van der Waals surface area contributed by atoms with Gasteiger partial charge in [-0.15, -0.1) is 0 Å². The molecule has 1 atom stereocenters. The van der Waals surface area contributed by atoms with E-state index in [-0.39, 0.29) is 6.04 Å². The first kappa shape index (κ1) is 12.2. The van der Waals surface area contributed by atoms with Gasteiger partial charge in [-0.05, 0) is 38.5 Å². The standard InChI is InChI=1S/C15H25N3/c1-2-13-15-12(16)9-6-10-14(15)18(17-13)11-7-4-3-5-8-11/h11-12H,2-10,16H2,1H3. The molecule has 0 spiro atoms. The number of hydrogen-bond donors (Lipinski definition) is 1. The first-order valence-electron chi connectivity index (χ1n) is 7.67. The van der Waals surface area contributed by atoms with Gasteiger partial charge in [-0.1, -0.05) is 26.2 Å². The van der Waals surface area contributed by atoms with Crippen molar-refractivity contribution in [3.63, 3.8) is 0 Å². The van der Waals surface area contributed by atoms with Crippen LogP contribution in [0.4, 0.5) is 0 Å². The van der Waals surface area contributed by atoms with Crippen molar-refractivity contribution in [2.45, 2.75) is 76.8 Å². The molecule has 2 N–H and O–H groups in total. The Morgan fingerprint density at radius 3 is 2.67 bits per heavy atom. The second-order valence-electron chi connectivity index (χ2n) is 5.90. The summed E-state index contributed by atoms with van der Waals surface area (Å²) >= 11 is 0. The maximum atomic E-state index is 6.31. The highest BCUT2D eigenvalue weighted by molar-refractivity contribution is 5.32. The summed E-state index contributed by atoms with van der Waals surface area (Å²) in [6.45, 7) is 2.20. The lowest BCUT2D eigenvalue weighted by atomic mass is 9.89. The molecule has 0 aromatic carbocycles. The van der Waals surface area contributed by atoms with Crippen LogP contribution in [0.2, 0.25) is 0 Å². The Hall–Kier alpha value is -0.830. The lowest BCUT2D eigenvalue weighted by molar-refractivity contribution is 0.318. The number of nitrogens with two attached hydrogens (primary N) is 1. The van der Waals surface area contributed by atoms with Crippen molar-refractivity contribution in [2.24, 2.45) is 5.73 Å². The van der Waals surface area contributed by atoms with Crippen molar-refractivity contribution in [3.05, 3.63) is 17.0 Å². The van der Waals surface area contributed by atoms with Crippen LogP contribution in [0, 0.1) is 0 Å². The molecule has 2 aliphatic carbocycles. The molecule has 0 bridgehead atoms. The van der Waals surface area contributed by atoms with E-state index in [0.717, 1.165) is 12.8 Å². The number of fused-ring (bicyclic) bond motifs is 1. The molecular formula is C15H25N3. The molecular weight excluding hydrogens is 222 g/mol. The highest BCUT2D eigenvalue weighted by Gasteiger charge is 2.28. The fourth-order valence-corrected chi connectivity index (χ4v) is 3.73.